The van der Waals surface area contributed by atoms with Crippen LogP contribution in [0.4, 0.5) is 5.95 Å². The Morgan fingerprint density at radius 2 is 1.96 bits per heavy atom. The summed E-state index contributed by atoms with van der Waals surface area (Å²) in [5, 5.41) is 8.52. The van der Waals surface area contributed by atoms with Crippen LogP contribution >= 0.6 is 0 Å². The SMILES string of the molecule is O=C(c1cccnc1)N1CCCN(c2nnc3ccccn23)CC1. The molecular weight excluding hydrogens is 304 g/mol. The van der Waals surface area contributed by atoms with E-state index in [0.29, 0.717) is 12.1 Å². The zero-order chi connectivity index (χ0) is 16.4. The number of carbonyl (C=O) groups is 1. The van der Waals surface area contributed by atoms with Gasteiger partial charge in [-0.1, -0.05) is 6.07 Å². The topological polar surface area (TPSA) is 66.6 Å². The fourth-order valence-electron chi connectivity index (χ4n) is 3.04. The van der Waals surface area contributed by atoms with Crippen LogP contribution in [0, 0.1) is 0 Å². The molecule has 1 aliphatic heterocycles. The van der Waals surface area contributed by atoms with Crippen LogP contribution in [-0.4, -0.2) is 56.6 Å². The number of carbonyl (C=O) groups excluding carboxylic acids is 1. The highest BCUT2D eigenvalue weighted by Crippen LogP contribution is 2.16. The number of pyridine rings is 2. The molecule has 24 heavy (non-hydrogen) atoms. The van der Waals surface area contributed by atoms with Gasteiger partial charge in [0.25, 0.3) is 5.91 Å². The van der Waals surface area contributed by atoms with E-state index in [2.05, 4.69) is 20.1 Å². The van der Waals surface area contributed by atoms with Crippen molar-refractivity contribution in [1.82, 2.24) is 24.5 Å². The van der Waals surface area contributed by atoms with E-state index in [9.17, 15) is 4.79 Å². The first kappa shape index (κ1) is 14.6. The summed E-state index contributed by atoms with van der Waals surface area (Å²) >= 11 is 0. The van der Waals surface area contributed by atoms with Gasteiger partial charge in [0.05, 0.1) is 5.56 Å². The number of aromatic nitrogens is 4. The summed E-state index contributed by atoms with van der Waals surface area (Å²) in [6.07, 6.45) is 6.16. The molecule has 1 amide bonds. The first-order valence-electron chi connectivity index (χ1n) is 8.07. The van der Waals surface area contributed by atoms with Crippen LogP contribution in [0.2, 0.25) is 0 Å². The molecule has 0 N–H and O–H groups in total. The van der Waals surface area contributed by atoms with Crippen molar-refractivity contribution in [2.24, 2.45) is 0 Å². The minimum absolute atomic E-state index is 0.0380. The summed E-state index contributed by atoms with van der Waals surface area (Å²) in [6, 6.07) is 9.46. The van der Waals surface area contributed by atoms with E-state index in [0.717, 1.165) is 37.7 Å². The normalized spacial score (nSPS) is 15.5. The molecule has 1 saturated heterocycles. The zero-order valence-electron chi connectivity index (χ0n) is 13.2. The van der Waals surface area contributed by atoms with E-state index in [4.69, 9.17) is 0 Å². The molecule has 7 heteroatoms. The van der Waals surface area contributed by atoms with Gasteiger partial charge in [-0.25, -0.2) is 0 Å². The number of nitrogens with zero attached hydrogens (tertiary/aromatic N) is 6. The van der Waals surface area contributed by atoms with Crippen LogP contribution < -0.4 is 4.90 Å². The number of anilines is 1. The molecule has 4 heterocycles. The van der Waals surface area contributed by atoms with Crippen LogP contribution in [0.1, 0.15) is 16.8 Å². The van der Waals surface area contributed by atoms with E-state index in [1.165, 1.54) is 0 Å². The lowest BCUT2D eigenvalue weighted by atomic mass is 10.2. The minimum Gasteiger partial charge on any atom is -0.339 e. The maximum Gasteiger partial charge on any atom is 0.255 e. The predicted molar refractivity (Wildman–Crippen MR) is 90.0 cm³/mol. The first-order valence-corrected chi connectivity index (χ1v) is 8.07. The van der Waals surface area contributed by atoms with Crippen molar-refractivity contribution in [3.05, 3.63) is 54.5 Å². The van der Waals surface area contributed by atoms with E-state index in [1.54, 1.807) is 18.5 Å². The highest BCUT2D eigenvalue weighted by atomic mass is 16.2. The molecule has 4 rings (SSSR count). The van der Waals surface area contributed by atoms with Crippen LogP contribution in [0.15, 0.2) is 48.9 Å². The van der Waals surface area contributed by atoms with Crippen molar-refractivity contribution < 1.29 is 4.79 Å². The van der Waals surface area contributed by atoms with E-state index in [-0.39, 0.29) is 5.91 Å². The van der Waals surface area contributed by atoms with Crippen molar-refractivity contribution in [2.45, 2.75) is 6.42 Å². The maximum atomic E-state index is 12.6. The standard InChI is InChI=1S/C17H18N6O/c24-16(14-5-3-7-18-13-14)21-8-4-9-22(12-11-21)17-20-19-15-6-1-2-10-23(15)17/h1-3,5-7,10,13H,4,8-9,11-12H2. The van der Waals surface area contributed by atoms with Gasteiger partial charge in [0.2, 0.25) is 5.95 Å². The van der Waals surface area contributed by atoms with Gasteiger partial charge in [0.1, 0.15) is 0 Å². The minimum atomic E-state index is 0.0380. The molecule has 1 fully saturated rings. The van der Waals surface area contributed by atoms with Crippen molar-refractivity contribution in [3.63, 3.8) is 0 Å². The molecule has 7 nitrogen and oxygen atoms in total. The smallest absolute Gasteiger partial charge is 0.255 e. The number of amides is 1. The van der Waals surface area contributed by atoms with Gasteiger partial charge in [-0.2, -0.15) is 0 Å². The molecule has 0 radical (unpaired) electrons. The largest absolute Gasteiger partial charge is 0.339 e. The number of hydrogen-bond acceptors (Lipinski definition) is 5. The fourth-order valence-corrected chi connectivity index (χ4v) is 3.04. The summed E-state index contributed by atoms with van der Waals surface area (Å²) < 4.78 is 1.98. The van der Waals surface area contributed by atoms with Crippen LogP contribution in [0.25, 0.3) is 5.65 Å². The summed E-state index contributed by atoms with van der Waals surface area (Å²) in [4.78, 5) is 20.7. The molecule has 0 unspecified atom stereocenters. The Morgan fingerprint density at radius 1 is 1.00 bits per heavy atom. The third kappa shape index (κ3) is 2.68. The van der Waals surface area contributed by atoms with Crippen molar-refractivity contribution in [3.8, 4) is 0 Å². The average Bonchev–Trinajstić information content (AvgIpc) is 2.92. The zero-order valence-corrected chi connectivity index (χ0v) is 13.2. The Morgan fingerprint density at radius 3 is 2.83 bits per heavy atom. The molecule has 0 aromatic carbocycles. The van der Waals surface area contributed by atoms with E-state index < -0.39 is 0 Å². The molecule has 0 bridgehead atoms. The second-order valence-electron chi connectivity index (χ2n) is 5.80. The molecule has 0 saturated carbocycles. The molecule has 0 spiro atoms. The second-order valence-corrected chi connectivity index (χ2v) is 5.80. The van der Waals surface area contributed by atoms with Crippen molar-refractivity contribution >= 4 is 17.5 Å². The lowest BCUT2D eigenvalue weighted by molar-refractivity contribution is 0.0766. The van der Waals surface area contributed by atoms with Gasteiger partial charge >= 0.3 is 0 Å². The Hall–Kier alpha value is -2.96. The van der Waals surface area contributed by atoms with Gasteiger partial charge in [-0.05, 0) is 30.7 Å². The Kier molecular flexibility index (Phi) is 3.82. The van der Waals surface area contributed by atoms with Gasteiger partial charge in [0, 0.05) is 44.8 Å². The average molecular weight is 322 g/mol. The second kappa shape index (κ2) is 6.27. The monoisotopic (exact) mass is 322 g/mol. The Labute approximate surface area is 139 Å². The summed E-state index contributed by atoms with van der Waals surface area (Å²) in [5.41, 5.74) is 1.47. The molecule has 0 aliphatic carbocycles. The molecule has 3 aromatic heterocycles. The molecular formula is C17H18N6O. The van der Waals surface area contributed by atoms with Crippen LogP contribution in [0.5, 0.6) is 0 Å². The van der Waals surface area contributed by atoms with E-state index >= 15 is 0 Å². The highest BCUT2D eigenvalue weighted by molar-refractivity contribution is 5.93. The summed E-state index contributed by atoms with van der Waals surface area (Å²) in [6.45, 7) is 2.99. The van der Waals surface area contributed by atoms with Gasteiger partial charge in [0.15, 0.2) is 5.65 Å². The van der Waals surface area contributed by atoms with Crippen LogP contribution in [-0.2, 0) is 0 Å². The maximum absolute atomic E-state index is 12.6. The Balaban J connectivity index is 1.51. The van der Waals surface area contributed by atoms with E-state index in [1.807, 2.05) is 39.8 Å². The molecule has 3 aromatic rings. The molecule has 122 valence electrons. The summed E-state index contributed by atoms with van der Waals surface area (Å²) in [7, 11) is 0. The van der Waals surface area contributed by atoms with Gasteiger partial charge in [-0.15, -0.1) is 10.2 Å². The van der Waals surface area contributed by atoms with Crippen molar-refractivity contribution in [2.75, 3.05) is 31.1 Å². The molecule has 0 atom stereocenters. The first-order chi connectivity index (χ1) is 11.8. The number of hydrogen-bond donors (Lipinski definition) is 0. The third-order valence-electron chi connectivity index (χ3n) is 4.27. The lowest BCUT2D eigenvalue weighted by Gasteiger charge is -2.22. The Bertz CT molecular complexity index is 846. The third-order valence-corrected chi connectivity index (χ3v) is 4.27. The quantitative estimate of drug-likeness (QED) is 0.715. The van der Waals surface area contributed by atoms with Gasteiger partial charge in [-0.3, -0.25) is 14.2 Å². The predicted octanol–water partition coefficient (Wildman–Crippen LogP) is 1.48. The summed E-state index contributed by atoms with van der Waals surface area (Å²) in [5.74, 6) is 0.873. The number of fused-ring (bicyclic) bond motifs is 1. The highest BCUT2D eigenvalue weighted by Gasteiger charge is 2.22. The van der Waals surface area contributed by atoms with Crippen LogP contribution in [0.3, 0.4) is 0 Å². The van der Waals surface area contributed by atoms with Gasteiger partial charge < -0.3 is 9.80 Å². The molecule has 1 aliphatic rings. The van der Waals surface area contributed by atoms with Crippen molar-refractivity contribution in [1.29, 1.82) is 0 Å². The number of rotatable bonds is 2. The fraction of sp³-hybridized carbons (Fsp3) is 0.294. The lowest BCUT2D eigenvalue weighted by Crippen LogP contribution is -2.35.